The summed E-state index contributed by atoms with van der Waals surface area (Å²) in [6.07, 6.45) is 2.47. The summed E-state index contributed by atoms with van der Waals surface area (Å²) < 4.78 is 7.71. The molecule has 0 radical (unpaired) electrons. The second-order valence-corrected chi connectivity index (χ2v) is 5.04. The molecule has 0 amide bonds. The van der Waals surface area contributed by atoms with Crippen LogP contribution < -0.4 is 0 Å². The molecule has 4 heteroatoms. The van der Waals surface area contributed by atoms with Gasteiger partial charge in [0.2, 0.25) is 0 Å². The average Bonchev–Trinajstić information content (AvgIpc) is 2.73. The van der Waals surface area contributed by atoms with Crippen LogP contribution in [0.2, 0.25) is 0 Å². The average molecular weight is 245 g/mol. The quantitative estimate of drug-likeness (QED) is 0.809. The maximum Gasteiger partial charge on any atom is 0.137 e. The first-order valence-electron chi connectivity index (χ1n) is 6.50. The molecule has 1 aliphatic heterocycles. The molecule has 2 aromatic rings. The van der Waals surface area contributed by atoms with Gasteiger partial charge < -0.3 is 9.14 Å². The van der Waals surface area contributed by atoms with Crippen LogP contribution in [-0.2, 0) is 11.3 Å². The predicted molar refractivity (Wildman–Crippen MR) is 70.6 cm³/mol. The molecule has 1 saturated heterocycles. The zero-order valence-corrected chi connectivity index (χ0v) is 11.0. The van der Waals surface area contributed by atoms with Gasteiger partial charge in [0.25, 0.3) is 0 Å². The molecule has 0 bridgehead atoms. The molecule has 1 aliphatic rings. The fourth-order valence-electron chi connectivity index (χ4n) is 2.54. The molecule has 2 aromatic heterocycles. The first-order valence-corrected chi connectivity index (χ1v) is 6.50. The van der Waals surface area contributed by atoms with Crippen molar-refractivity contribution < 1.29 is 4.74 Å². The number of fused-ring (bicyclic) bond motifs is 1. The number of imidazole rings is 1. The highest BCUT2D eigenvalue weighted by Gasteiger charge is 2.17. The number of aromatic nitrogens is 2. The Morgan fingerprint density at radius 1 is 1.44 bits per heavy atom. The molecule has 3 heterocycles. The van der Waals surface area contributed by atoms with E-state index < -0.39 is 0 Å². The van der Waals surface area contributed by atoms with Gasteiger partial charge in [0.1, 0.15) is 5.65 Å². The normalized spacial score (nSPS) is 21.6. The van der Waals surface area contributed by atoms with Gasteiger partial charge in [0.05, 0.1) is 18.4 Å². The Morgan fingerprint density at radius 2 is 2.33 bits per heavy atom. The summed E-state index contributed by atoms with van der Waals surface area (Å²) >= 11 is 0. The molecular formula is C14H19N3O. The SMILES string of the molecule is Cc1cccc2nc(CN3CCO[C@@H](C)C3)cn12. The smallest absolute Gasteiger partial charge is 0.137 e. The van der Waals surface area contributed by atoms with Gasteiger partial charge in [-0.3, -0.25) is 4.90 Å². The summed E-state index contributed by atoms with van der Waals surface area (Å²) in [6, 6.07) is 6.21. The molecular weight excluding hydrogens is 226 g/mol. The minimum absolute atomic E-state index is 0.331. The van der Waals surface area contributed by atoms with Crippen LogP contribution in [0, 0.1) is 6.92 Å². The van der Waals surface area contributed by atoms with Gasteiger partial charge in [-0.05, 0) is 26.0 Å². The Morgan fingerprint density at radius 3 is 3.11 bits per heavy atom. The highest BCUT2D eigenvalue weighted by Crippen LogP contribution is 2.12. The monoisotopic (exact) mass is 245 g/mol. The van der Waals surface area contributed by atoms with Crippen molar-refractivity contribution in [2.45, 2.75) is 26.5 Å². The van der Waals surface area contributed by atoms with Crippen molar-refractivity contribution in [3.8, 4) is 0 Å². The van der Waals surface area contributed by atoms with E-state index in [1.165, 1.54) is 5.69 Å². The van der Waals surface area contributed by atoms with Gasteiger partial charge in [-0.15, -0.1) is 0 Å². The fraction of sp³-hybridized carbons (Fsp3) is 0.500. The van der Waals surface area contributed by atoms with Gasteiger partial charge in [-0.2, -0.15) is 0 Å². The molecule has 18 heavy (non-hydrogen) atoms. The fourth-order valence-corrected chi connectivity index (χ4v) is 2.54. The van der Waals surface area contributed by atoms with Gasteiger partial charge >= 0.3 is 0 Å². The Kier molecular flexibility index (Phi) is 3.06. The molecule has 1 fully saturated rings. The maximum atomic E-state index is 5.56. The molecule has 0 spiro atoms. The lowest BCUT2D eigenvalue weighted by Crippen LogP contribution is -2.40. The summed E-state index contributed by atoms with van der Waals surface area (Å²) in [6.45, 7) is 7.96. The Hall–Kier alpha value is -1.39. The van der Waals surface area contributed by atoms with Gasteiger partial charge in [0, 0.05) is 31.5 Å². The zero-order chi connectivity index (χ0) is 12.5. The number of ether oxygens (including phenoxy) is 1. The van der Waals surface area contributed by atoms with Crippen molar-refractivity contribution in [2.75, 3.05) is 19.7 Å². The van der Waals surface area contributed by atoms with E-state index in [0.717, 1.165) is 37.6 Å². The van der Waals surface area contributed by atoms with Gasteiger partial charge in [-0.1, -0.05) is 6.07 Å². The number of pyridine rings is 1. The number of morpholine rings is 1. The molecule has 0 unspecified atom stereocenters. The van der Waals surface area contributed by atoms with Crippen molar-refractivity contribution in [3.05, 3.63) is 35.8 Å². The lowest BCUT2D eigenvalue weighted by molar-refractivity contribution is -0.0215. The first kappa shape index (κ1) is 11.7. The first-order chi connectivity index (χ1) is 8.72. The van der Waals surface area contributed by atoms with Crippen molar-refractivity contribution in [2.24, 2.45) is 0 Å². The van der Waals surface area contributed by atoms with Crippen LogP contribution in [0.3, 0.4) is 0 Å². The van der Waals surface area contributed by atoms with E-state index in [4.69, 9.17) is 4.74 Å². The molecule has 0 saturated carbocycles. The molecule has 3 rings (SSSR count). The van der Waals surface area contributed by atoms with Gasteiger partial charge in [0.15, 0.2) is 0 Å². The highest BCUT2D eigenvalue weighted by molar-refractivity contribution is 5.41. The Labute approximate surface area is 107 Å². The van der Waals surface area contributed by atoms with Gasteiger partial charge in [-0.25, -0.2) is 4.98 Å². The van der Waals surface area contributed by atoms with Crippen molar-refractivity contribution >= 4 is 5.65 Å². The van der Waals surface area contributed by atoms with E-state index in [9.17, 15) is 0 Å². The Balaban J connectivity index is 1.80. The second kappa shape index (κ2) is 4.71. The van der Waals surface area contributed by atoms with Crippen molar-refractivity contribution in [1.82, 2.24) is 14.3 Å². The maximum absolute atomic E-state index is 5.56. The third-order valence-electron chi connectivity index (χ3n) is 3.46. The number of rotatable bonds is 2. The third-order valence-corrected chi connectivity index (χ3v) is 3.46. The molecule has 96 valence electrons. The Bertz CT molecular complexity index is 549. The van der Waals surface area contributed by atoms with E-state index in [-0.39, 0.29) is 0 Å². The molecule has 0 aromatic carbocycles. The lowest BCUT2D eigenvalue weighted by atomic mass is 10.3. The van der Waals surface area contributed by atoms with Crippen LogP contribution in [0.1, 0.15) is 18.3 Å². The number of hydrogen-bond donors (Lipinski definition) is 0. The topological polar surface area (TPSA) is 29.8 Å². The second-order valence-electron chi connectivity index (χ2n) is 5.04. The standard InChI is InChI=1S/C14H19N3O/c1-11-4-3-5-14-15-13(10-17(11)14)9-16-6-7-18-12(2)8-16/h3-5,10,12H,6-9H2,1-2H3/t12-/m0/s1. The predicted octanol–water partition coefficient (Wildman–Crippen LogP) is 1.86. The number of hydrogen-bond acceptors (Lipinski definition) is 3. The summed E-state index contributed by atoms with van der Waals surface area (Å²) in [5, 5.41) is 0. The molecule has 0 N–H and O–H groups in total. The van der Waals surface area contributed by atoms with Crippen LogP contribution >= 0.6 is 0 Å². The van der Waals surface area contributed by atoms with Crippen LogP contribution in [0.5, 0.6) is 0 Å². The van der Waals surface area contributed by atoms with E-state index in [2.05, 4.69) is 52.5 Å². The van der Waals surface area contributed by atoms with Crippen molar-refractivity contribution in [1.29, 1.82) is 0 Å². The zero-order valence-electron chi connectivity index (χ0n) is 11.0. The summed E-state index contributed by atoms with van der Waals surface area (Å²) in [5.74, 6) is 0. The summed E-state index contributed by atoms with van der Waals surface area (Å²) in [4.78, 5) is 7.08. The van der Waals surface area contributed by atoms with Crippen LogP contribution in [0.25, 0.3) is 5.65 Å². The van der Waals surface area contributed by atoms with E-state index in [1.807, 2.05) is 0 Å². The molecule has 4 nitrogen and oxygen atoms in total. The minimum atomic E-state index is 0.331. The molecule has 1 atom stereocenters. The van der Waals surface area contributed by atoms with Crippen LogP contribution in [0.15, 0.2) is 24.4 Å². The van der Waals surface area contributed by atoms with E-state index >= 15 is 0 Å². The minimum Gasteiger partial charge on any atom is -0.376 e. The van der Waals surface area contributed by atoms with Crippen LogP contribution in [-0.4, -0.2) is 40.1 Å². The number of nitrogens with zero attached hydrogens (tertiary/aromatic N) is 3. The van der Waals surface area contributed by atoms with Crippen LogP contribution in [0.4, 0.5) is 0 Å². The lowest BCUT2D eigenvalue weighted by Gasteiger charge is -2.30. The molecule has 0 aliphatic carbocycles. The van der Waals surface area contributed by atoms with E-state index in [0.29, 0.717) is 6.10 Å². The third kappa shape index (κ3) is 2.26. The number of aryl methyl sites for hydroxylation is 1. The summed E-state index contributed by atoms with van der Waals surface area (Å²) in [7, 11) is 0. The van der Waals surface area contributed by atoms with E-state index in [1.54, 1.807) is 0 Å². The largest absolute Gasteiger partial charge is 0.376 e. The highest BCUT2D eigenvalue weighted by atomic mass is 16.5. The van der Waals surface area contributed by atoms with Crippen molar-refractivity contribution in [3.63, 3.8) is 0 Å². The summed E-state index contributed by atoms with van der Waals surface area (Å²) in [5.41, 5.74) is 3.39.